The van der Waals surface area contributed by atoms with Crippen molar-refractivity contribution in [3.63, 3.8) is 0 Å². The summed E-state index contributed by atoms with van der Waals surface area (Å²) in [5, 5.41) is 4.84. The van der Waals surface area contributed by atoms with Gasteiger partial charge >= 0.3 is 0 Å². The van der Waals surface area contributed by atoms with Crippen molar-refractivity contribution < 1.29 is 0 Å². The molecule has 0 saturated heterocycles. The van der Waals surface area contributed by atoms with Gasteiger partial charge in [-0.05, 0) is 75.4 Å². The molecular formula is C17H24N2. The van der Waals surface area contributed by atoms with Gasteiger partial charge in [0, 0.05) is 23.6 Å². The summed E-state index contributed by atoms with van der Waals surface area (Å²) in [6, 6.07) is 4.71. The Kier molecular flexibility index (Phi) is 3.61. The van der Waals surface area contributed by atoms with E-state index in [4.69, 9.17) is 0 Å². The number of likely N-dealkylation sites (N-methyl/N-ethyl adjacent to an activating group) is 1. The van der Waals surface area contributed by atoms with Crippen LogP contribution in [-0.4, -0.2) is 18.2 Å². The molecule has 0 bridgehead atoms. The van der Waals surface area contributed by atoms with Crippen LogP contribution in [0.5, 0.6) is 0 Å². The highest BCUT2D eigenvalue weighted by atomic mass is 14.9. The van der Waals surface area contributed by atoms with Crippen molar-refractivity contribution in [2.75, 3.05) is 13.6 Å². The fourth-order valence-electron chi connectivity index (χ4n) is 3.45. The van der Waals surface area contributed by atoms with Gasteiger partial charge in [-0.2, -0.15) is 0 Å². The smallest absolute Gasteiger partial charge is 0.0486 e. The molecule has 0 saturated carbocycles. The molecule has 102 valence electrons. The minimum Gasteiger partial charge on any atom is -0.347 e. The molecule has 1 aromatic heterocycles. The first-order valence-electron chi connectivity index (χ1n) is 7.62. The Morgan fingerprint density at radius 3 is 2.84 bits per heavy atom. The van der Waals surface area contributed by atoms with Crippen molar-refractivity contribution in [1.29, 1.82) is 0 Å². The average Bonchev–Trinajstić information content (AvgIpc) is 2.83. The lowest BCUT2D eigenvalue weighted by atomic mass is 9.88. The maximum absolute atomic E-state index is 3.28. The Morgan fingerprint density at radius 1 is 1.21 bits per heavy atom. The van der Waals surface area contributed by atoms with Crippen LogP contribution in [0.3, 0.4) is 0 Å². The molecule has 0 fully saturated rings. The molecular weight excluding hydrogens is 232 g/mol. The van der Waals surface area contributed by atoms with Crippen LogP contribution in [0.2, 0.25) is 0 Å². The molecule has 1 aliphatic rings. The van der Waals surface area contributed by atoms with Gasteiger partial charge in [0.05, 0.1) is 0 Å². The third-order valence-corrected chi connectivity index (χ3v) is 4.44. The molecule has 1 heterocycles. The number of nitrogens with one attached hydrogen (secondary N) is 1. The van der Waals surface area contributed by atoms with Crippen molar-refractivity contribution in [2.24, 2.45) is 0 Å². The summed E-state index contributed by atoms with van der Waals surface area (Å²) in [5.41, 5.74) is 6.21. The van der Waals surface area contributed by atoms with E-state index in [9.17, 15) is 0 Å². The molecule has 0 amide bonds. The molecule has 19 heavy (non-hydrogen) atoms. The molecule has 0 spiro atoms. The highest BCUT2D eigenvalue weighted by Gasteiger charge is 2.17. The van der Waals surface area contributed by atoms with Crippen molar-refractivity contribution in [3.05, 3.63) is 35.0 Å². The molecule has 3 rings (SSSR count). The summed E-state index contributed by atoms with van der Waals surface area (Å²) in [6.07, 6.45) is 8.77. The van der Waals surface area contributed by atoms with Crippen LogP contribution in [0.25, 0.3) is 10.9 Å². The Bertz CT molecular complexity index is 580. The average molecular weight is 256 g/mol. The van der Waals surface area contributed by atoms with E-state index < -0.39 is 0 Å². The van der Waals surface area contributed by atoms with Gasteiger partial charge in [0.25, 0.3) is 0 Å². The van der Waals surface area contributed by atoms with Crippen molar-refractivity contribution in [3.8, 4) is 0 Å². The molecule has 0 atom stereocenters. The van der Waals surface area contributed by atoms with Crippen LogP contribution in [0.1, 0.15) is 36.5 Å². The van der Waals surface area contributed by atoms with Gasteiger partial charge in [0.2, 0.25) is 0 Å². The molecule has 0 radical (unpaired) electrons. The monoisotopic (exact) mass is 256 g/mol. The molecule has 0 aliphatic heterocycles. The number of hydrogen-bond acceptors (Lipinski definition) is 1. The largest absolute Gasteiger partial charge is 0.347 e. The number of hydrogen-bond donors (Lipinski definition) is 1. The van der Waals surface area contributed by atoms with E-state index in [0.717, 1.165) is 19.5 Å². The predicted molar refractivity (Wildman–Crippen MR) is 81.9 cm³/mol. The Labute approximate surface area is 115 Å². The van der Waals surface area contributed by atoms with Crippen LogP contribution in [0.4, 0.5) is 0 Å². The van der Waals surface area contributed by atoms with E-state index >= 15 is 0 Å². The number of aromatic nitrogens is 1. The Balaban J connectivity index is 2.18. The van der Waals surface area contributed by atoms with E-state index in [-0.39, 0.29) is 0 Å². The van der Waals surface area contributed by atoms with Crippen LogP contribution in [0, 0.1) is 0 Å². The number of rotatable bonds is 4. The second kappa shape index (κ2) is 5.38. The second-order valence-corrected chi connectivity index (χ2v) is 5.60. The molecule has 2 nitrogen and oxygen atoms in total. The molecule has 1 aliphatic carbocycles. The van der Waals surface area contributed by atoms with Gasteiger partial charge in [-0.15, -0.1) is 0 Å². The summed E-state index contributed by atoms with van der Waals surface area (Å²) in [4.78, 5) is 0. The third kappa shape index (κ3) is 2.18. The summed E-state index contributed by atoms with van der Waals surface area (Å²) >= 11 is 0. The van der Waals surface area contributed by atoms with Crippen molar-refractivity contribution in [2.45, 2.75) is 45.6 Å². The quantitative estimate of drug-likeness (QED) is 0.888. The van der Waals surface area contributed by atoms with Crippen LogP contribution >= 0.6 is 0 Å². The highest BCUT2D eigenvalue weighted by molar-refractivity contribution is 5.88. The molecule has 0 unspecified atom stereocenters. The van der Waals surface area contributed by atoms with Gasteiger partial charge in [0.15, 0.2) is 0 Å². The lowest BCUT2D eigenvalue weighted by molar-refractivity contribution is 0.689. The normalized spacial score (nSPS) is 14.8. The van der Waals surface area contributed by atoms with Gasteiger partial charge < -0.3 is 9.88 Å². The van der Waals surface area contributed by atoms with Gasteiger partial charge in [0.1, 0.15) is 0 Å². The number of fused-ring (bicyclic) bond motifs is 3. The van der Waals surface area contributed by atoms with Gasteiger partial charge in [-0.3, -0.25) is 0 Å². The first-order chi connectivity index (χ1) is 9.35. The van der Waals surface area contributed by atoms with E-state index in [1.807, 2.05) is 7.05 Å². The van der Waals surface area contributed by atoms with E-state index in [2.05, 4.69) is 35.1 Å². The zero-order chi connectivity index (χ0) is 13.2. The summed E-state index contributed by atoms with van der Waals surface area (Å²) < 4.78 is 2.41. The van der Waals surface area contributed by atoms with E-state index in [1.165, 1.54) is 36.8 Å². The second-order valence-electron chi connectivity index (χ2n) is 5.60. The van der Waals surface area contributed by atoms with E-state index in [0.29, 0.717) is 0 Å². The zero-order valence-corrected chi connectivity index (χ0v) is 12.1. The standard InChI is InChI=1S/C17H24N2/c1-3-19-12-14(10-11-18-2)17-15-7-5-4-6-13(15)8-9-16(17)19/h8-9,12,18H,3-7,10-11H2,1-2H3. The Morgan fingerprint density at radius 2 is 2.05 bits per heavy atom. The first-order valence-corrected chi connectivity index (χ1v) is 7.62. The SMILES string of the molecule is CCn1cc(CCNC)c2c3c(ccc21)CCCC3. The van der Waals surface area contributed by atoms with Crippen molar-refractivity contribution in [1.82, 2.24) is 9.88 Å². The summed E-state index contributed by atoms with van der Waals surface area (Å²) in [6.45, 7) is 4.36. The lowest BCUT2D eigenvalue weighted by Crippen LogP contribution is -2.10. The molecule has 1 aromatic carbocycles. The van der Waals surface area contributed by atoms with Crippen LogP contribution in [-0.2, 0) is 25.8 Å². The van der Waals surface area contributed by atoms with Gasteiger partial charge in [-0.1, -0.05) is 6.07 Å². The molecule has 2 heteroatoms. The topological polar surface area (TPSA) is 17.0 Å². The van der Waals surface area contributed by atoms with Gasteiger partial charge in [-0.25, -0.2) is 0 Å². The maximum Gasteiger partial charge on any atom is 0.0486 e. The maximum atomic E-state index is 3.28. The number of benzene rings is 1. The highest BCUT2D eigenvalue weighted by Crippen LogP contribution is 2.32. The molecule has 1 N–H and O–H groups in total. The number of nitrogens with zero attached hydrogens (tertiary/aromatic N) is 1. The van der Waals surface area contributed by atoms with Crippen LogP contribution in [0.15, 0.2) is 18.3 Å². The van der Waals surface area contributed by atoms with Crippen molar-refractivity contribution >= 4 is 10.9 Å². The summed E-state index contributed by atoms with van der Waals surface area (Å²) in [7, 11) is 2.04. The predicted octanol–water partition coefficient (Wildman–Crippen LogP) is 3.30. The Hall–Kier alpha value is -1.28. The van der Waals surface area contributed by atoms with E-state index in [1.54, 1.807) is 16.5 Å². The fraction of sp³-hybridized carbons (Fsp3) is 0.529. The minimum absolute atomic E-state index is 1.06. The third-order valence-electron chi connectivity index (χ3n) is 4.44. The zero-order valence-electron chi connectivity index (χ0n) is 12.1. The first kappa shape index (κ1) is 12.7. The molecule has 2 aromatic rings. The van der Waals surface area contributed by atoms with Crippen LogP contribution < -0.4 is 5.32 Å². The number of aryl methyl sites for hydroxylation is 3. The minimum atomic E-state index is 1.06. The lowest BCUT2D eigenvalue weighted by Gasteiger charge is -2.17. The fourth-order valence-corrected chi connectivity index (χ4v) is 3.45. The summed E-state index contributed by atoms with van der Waals surface area (Å²) in [5.74, 6) is 0.